The monoisotopic (exact) mass is 471 g/mol. The number of halogens is 1. The number of hydrogen-bond donors (Lipinski definition) is 0. The molecule has 1 aliphatic rings. The first-order chi connectivity index (χ1) is 15.8. The van der Waals surface area contributed by atoms with Crippen LogP contribution in [-0.2, 0) is 14.8 Å². The number of carbonyl (C=O) groups is 1. The molecule has 0 radical (unpaired) electrons. The maximum absolute atomic E-state index is 14.0. The van der Waals surface area contributed by atoms with Gasteiger partial charge in [0.25, 0.3) is 0 Å². The fourth-order valence-electron chi connectivity index (χ4n) is 4.09. The van der Waals surface area contributed by atoms with E-state index in [1.807, 2.05) is 31.2 Å². The second kappa shape index (κ2) is 9.40. The van der Waals surface area contributed by atoms with Crippen LogP contribution in [0.25, 0.3) is 5.69 Å². The highest BCUT2D eigenvalue weighted by molar-refractivity contribution is 7.89. The number of carbonyl (C=O) groups excluding carboxylic acids is 1. The zero-order chi connectivity index (χ0) is 23.6. The normalized spacial score (nSPS) is 16.5. The first-order valence-corrected chi connectivity index (χ1v) is 12.2. The summed E-state index contributed by atoms with van der Waals surface area (Å²) in [6.45, 7) is 2.32. The molecule has 33 heavy (non-hydrogen) atoms. The maximum Gasteiger partial charge on any atom is 0.245 e. The SMILES string of the molecule is C[C@@H](c1ccc(-n2cncn2)cc1)N(C)C(=O)C1CCN(S(=O)(=O)c2ccccc2F)CC1. The van der Waals surface area contributed by atoms with Gasteiger partial charge in [0.2, 0.25) is 15.9 Å². The van der Waals surface area contributed by atoms with Crippen LogP contribution in [0.1, 0.15) is 31.4 Å². The molecule has 0 N–H and O–H groups in total. The van der Waals surface area contributed by atoms with Crippen LogP contribution < -0.4 is 0 Å². The minimum atomic E-state index is -3.92. The molecular formula is C23H26FN5O3S. The molecule has 2 aromatic carbocycles. The fraction of sp³-hybridized carbons (Fsp3) is 0.348. The highest BCUT2D eigenvalue weighted by atomic mass is 32.2. The zero-order valence-electron chi connectivity index (χ0n) is 18.5. The molecule has 10 heteroatoms. The molecule has 1 aliphatic heterocycles. The third-order valence-electron chi connectivity index (χ3n) is 6.24. The van der Waals surface area contributed by atoms with Gasteiger partial charge in [-0.05, 0) is 49.6 Å². The summed E-state index contributed by atoms with van der Waals surface area (Å²) in [5, 5.41) is 4.11. The number of sulfonamides is 1. The lowest BCUT2D eigenvalue weighted by Crippen LogP contribution is -2.44. The summed E-state index contributed by atoms with van der Waals surface area (Å²) in [6.07, 6.45) is 3.88. The van der Waals surface area contributed by atoms with Crippen LogP contribution in [0.5, 0.6) is 0 Å². The molecule has 8 nitrogen and oxygen atoms in total. The van der Waals surface area contributed by atoms with E-state index in [0.29, 0.717) is 12.8 Å². The minimum absolute atomic E-state index is 0.0224. The highest BCUT2D eigenvalue weighted by Gasteiger charge is 2.35. The van der Waals surface area contributed by atoms with Crippen molar-refractivity contribution >= 4 is 15.9 Å². The lowest BCUT2D eigenvalue weighted by molar-refractivity contribution is -0.137. The van der Waals surface area contributed by atoms with Crippen LogP contribution >= 0.6 is 0 Å². The van der Waals surface area contributed by atoms with Gasteiger partial charge in [-0.3, -0.25) is 4.79 Å². The third-order valence-corrected chi connectivity index (χ3v) is 8.18. The Balaban J connectivity index is 1.38. The molecule has 1 amide bonds. The van der Waals surface area contributed by atoms with Crippen molar-refractivity contribution in [1.29, 1.82) is 0 Å². The average molecular weight is 472 g/mol. The summed E-state index contributed by atoms with van der Waals surface area (Å²) in [4.78, 5) is 18.4. The van der Waals surface area contributed by atoms with Gasteiger partial charge in [-0.15, -0.1) is 0 Å². The van der Waals surface area contributed by atoms with E-state index >= 15 is 0 Å². The number of piperidine rings is 1. The molecule has 0 bridgehead atoms. The van der Waals surface area contributed by atoms with E-state index in [4.69, 9.17) is 0 Å². The van der Waals surface area contributed by atoms with Gasteiger partial charge in [0.1, 0.15) is 23.4 Å². The smallest absolute Gasteiger partial charge is 0.245 e. The van der Waals surface area contributed by atoms with Crippen molar-refractivity contribution in [3.8, 4) is 5.69 Å². The van der Waals surface area contributed by atoms with Gasteiger partial charge in [-0.25, -0.2) is 22.5 Å². The molecule has 2 heterocycles. The van der Waals surface area contributed by atoms with E-state index in [1.165, 1.54) is 28.8 Å². The van der Waals surface area contributed by atoms with E-state index in [0.717, 1.165) is 17.3 Å². The van der Waals surface area contributed by atoms with E-state index in [2.05, 4.69) is 10.1 Å². The average Bonchev–Trinajstić information content (AvgIpc) is 3.38. The Bertz CT molecular complexity index is 1210. The van der Waals surface area contributed by atoms with Crippen molar-refractivity contribution in [2.75, 3.05) is 20.1 Å². The predicted molar refractivity (Wildman–Crippen MR) is 120 cm³/mol. The number of hydrogen-bond acceptors (Lipinski definition) is 5. The Morgan fingerprint density at radius 2 is 1.79 bits per heavy atom. The second-order valence-electron chi connectivity index (χ2n) is 8.17. The van der Waals surface area contributed by atoms with Crippen molar-refractivity contribution in [3.63, 3.8) is 0 Å². The number of nitrogens with zero attached hydrogens (tertiary/aromatic N) is 5. The largest absolute Gasteiger partial charge is 0.339 e. The molecule has 0 spiro atoms. The molecule has 0 unspecified atom stereocenters. The van der Waals surface area contributed by atoms with Gasteiger partial charge < -0.3 is 4.90 Å². The molecule has 1 fully saturated rings. The van der Waals surface area contributed by atoms with Gasteiger partial charge in [0.05, 0.1) is 11.7 Å². The Kier molecular flexibility index (Phi) is 6.57. The summed E-state index contributed by atoms with van der Waals surface area (Å²) in [5.41, 5.74) is 1.86. The van der Waals surface area contributed by atoms with E-state index in [1.54, 1.807) is 23.0 Å². The lowest BCUT2D eigenvalue weighted by Gasteiger charge is -2.34. The summed E-state index contributed by atoms with van der Waals surface area (Å²) < 4.78 is 42.6. The van der Waals surface area contributed by atoms with Gasteiger partial charge in [0.15, 0.2) is 0 Å². The van der Waals surface area contributed by atoms with Gasteiger partial charge in [0, 0.05) is 26.1 Å². The van der Waals surface area contributed by atoms with Crippen molar-refractivity contribution in [2.24, 2.45) is 5.92 Å². The Morgan fingerprint density at radius 3 is 2.39 bits per heavy atom. The molecule has 1 atom stereocenters. The topological polar surface area (TPSA) is 88.4 Å². The molecule has 0 saturated carbocycles. The lowest BCUT2D eigenvalue weighted by atomic mass is 9.95. The second-order valence-corrected chi connectivity index (χ2v) is 10.1. The predicted octanol–water partition coefficient (Wildman–Crippen LogP) is 3.03. The Hall–Kier alpha value is -3.11. The number of amides is 1. The third kappa shape index (κ3) is 4.67. The van der Waals surface area contributed by atoms with Crippen LogP contribution in [0.15, 0.2) is 66.1 Å². The summed E-state index contributed by atoms with van der Waals surface area (Å²) in [7, 11) is -2.16. The van der Waals surface area contributed by atoms with Crippen LogP contribution in [0.2, 0.25) is 0 Å². The minimum Gasteiger partial charge on any atom is -0.339 e. The summed E-state index contributed by atoms with van der Waals surface area (Å²) in [6, 6.07) is 13.0. The van der Waals surface area contributed by atoms with Crippen LogP contribution in [0.3, 0.4) is 0 Å². The molecule has 4 rings (SSSR count). The quantitative estimate of drug-likeness (QED) is 0.551. The standard InChI is InChI=1S/C23H26FN5O3S/c1-17(18-7-9-20(10-8-18)29-16-25-15-26-29)27(2)23(30)19-11-13-28(14-12-19)33(31,32)22-6-4-3-5-21(22)24/h3-10,15-17,19H,11-14H2,1-2H3/t17-/m0/s1. The number of benzene rings is 2. The van der Waals surface area contributed by atoms with Crippen molar-refractivity contribution in [3.05, 3.63) is 72.6 Å². The van der Waals surface area contributed by atoms with E-state index in [9.17, 15) is 17.6 Å². The summed E-state index contributed by atoms with van der Waals surface area (Å²) >= 11 is 0. The van der Waals surface area contributed by atoms with Crippen LogP contribution in [0, 0.1) is 11.7 Å². The zero-order valence-corrected chi connectivity index (χ0v) is 19.3. The van der Waals surface area contributed by atoms with Crippen molar-refractivity contribution in [1.82, 2.24) is 24.0 Å². The van der Waals surface area contributed by atoms with E-state index < -0.39 is 15.8 Å². The highest BCUT2D eigenvalue weighted by Crippen LogP contribution is 2.28. The number of rotatable bonds is 6. The molecule has 3 aromatic rings. The molecule has 1 aromatic heterocycles. The summed E-state index contributed by atoms with van der Waals surface area (Å²) in [5.74, 6) is -1.07. The van der Waals surface area contributed by atoms with Crippen LogP contribution in [-0.4, -0.2) is 58.4 Å². The van der Waals surface area contributed by atoms with Crippen LogP contribution in [0.4, 0.5) is 4.39 Å². The maximum atomic E-state index is 14.0. The van der Waals surface area contributed by atoms with E-state index in [-0.39, 0.29) is 35.9 Å². The molecule has 0 aliphatic carbocycles. The van der Waals surface area contributed by atoms with Crippen molar-refractivity contribution in [2.45, 2.75) is 30.7 Å². The Morgan fingerprint density at radius 1 is 1.12 bits per heavy atom. The van der Waals surface area contributed by atoms with Gasteiger partial charge in [-0.1, -0.05) is 24.3 Å². The first-order valence-electron chi connectivity index (χ1n) is 10.8. The van der Waals surface area contributed by atoms with Gasteiger partial charge >= 0.3 is 0 Å². The van der Waals surface area contributed by atoms with Crippen molar-refractivity contribution < 1.29 is 17.6 Å². The molecular weight excluding hydrogens is 445 g/mol. The van der Waals surface area contributed by atoms with Gasteiger partial charge in [-0.2, -0.15) is 9.40 Å². The number of aromatic nitrogens is 3. The molecule has 174 valence electrons. The fourth-order valence-corrected chi connectivity index (χ4v) is 5.62. The Labute approximate surface area is 192 Å². The first kappa shape index (κ1) is 23.1. The molecule has 1 saturated heterocycles.